The fourth-order valence-corrected chi connectivity index (χ4v) is 5.04. The van der Waals surface area contributed by atoms with Gasteiger partial charge in [0, 0.05) is 38.7 Å². The molecule has 1 saturated carbocycles. The highest BCUT2D eigenvalue weighted by Crippen LogP contribution is 2.35. The van der Waals surface area contributed by atoms with Crippen molar-refractivity contribution in [2.24, 2.45) is 11.7 Å². The lowest BCUT2D eigenvalue weighted by Gasteiger charge is -2.31. The number of carbonyl (C=O) groups is 3. The first-order valence-corrected chi connectivity index (χ1v) is 11.7. The molecule has 3 fully saturated rings. The quantitative estimate of drug-likeness (QED) is 0.630. The van der Waals surface area contributed by atoms with E-state index in [0.29, 0.717) is 44.1 Å². The Labute approximate surface area is 180 Å². The summed E-state index contributed by atoms with van der Waals surface area (Å²) in [5, 5.41) is 4.71. The van der Waals surface area contributed by atoms with Crippen LogP contribution in [0.15, 0.2) is 17.5 Å². The molecule has 1 aliphatic carbocycles. The summed E-state index contributed by atoms with van der Waals surface area (Å²) in [6.07, 6.45) is 4.12. The molecule has 1 aromatic rings. The van der Waals surface area contributed by atoms with Gasteiger partial charge in [0.15, 0.2) is 0 Å². The van der Waals surface area contributed by atoms with Crippen molar-refractivity contribution in [1.29, 1.82) is 0 Å². The van der Waals surface area contributed by atoms with E-state index < -0.39 is 6.04 Å². The predicted molar refractivity (Wildman–Crippen MR) is 113 cm³/mol. The van der Waals surface area contributed by atoms with Crippen LogP contribution in [0.5, 0.6) is 0 Å². The highest BCUT2D eigenvalue weighted by Gasteiger charge is 2.47. The van der Waals surface area contributed by atoms with E-state index in [2.05, 4.69) is 5.32 Å². The number of nitrogens with one attached hydrogen (secondary N) is 1. The van der Waals surface area contributed by atoms with Gasteiger partial charge in [-0.25, -0.2) is 0 Å². The number of thiophene rings is 1. The molecule has 0 bridgehead atoms. The van der Waals surface area contributed by atoms with Crippen LogP contribution in [0.2, 0.25) is 0 Å². The number of carbonyl (C=O) groups excluding carboxylic acids is 3. The van der Waals surface area contributed by atoms with Crippen molar-refractivity contribution in [2.75, 3.05) is 32.8 Å². The second-order valence-electron chi connectivity index (χ2n) is 8.32. The van der Waals surface area contributed by atoms with E-state index in [4.69, 9.17) is 10.5 Å². The van der Waals surface area contributed by atoms with Gasteiger partial charge in [0.25, 0.3) is 5.91 Å². The monoisotopic (exact) mass is 434 g/mol. The number of amides is 3. The minimum atomic E-state index is -0.558. The zero-order chi connectivity index (χ0) is 21.1. The molecule has 2 aliphatic heterocycles. The van der Waals surface area contributed by atoms with Crippen LogP contribution in [0.25, 0.3) is 0 Å². The van der Waals surface area contributed by atoms with E-state index in [1.54, 1.807) is 4.90 Å². The van der Waals surface area contributed by atoms with Gasteiger partial charge in [0.05, 0.1) is 17.0 Å². The summed E-state index contributed by atoms with van der Waals surface area (Å²) in [4.78, 5) is 43.2. The first-order chi connectivity index (χ1) is 14.6. The lowest BCUT2D eigenvalue weighted by Crippen LogP contribution is -2.47. The average molecular weight is 435 g/mol. The van der Waals surface area contributed by atoms with E-state index in [9.17, 15) is 14.4 Å². The van der Waals surface area contributed by atoms with Crippen molar-refractivity contribution in [1.82, 2.24) is 15.1 Å². The number of hydrogen-bond donors (Lipinski definition) is 2. The first kappa shape index (κ1) is 21.3. The molecule has 3 aliphatic rings. The van der Waals surface area contributed by atoms with Gasteiger partial charge in [-0.15, -0.1) is 11.3 Å². The van der Waals surface area contributed by atoms with Gasteiger partial charge in [-0.3, -0.25) is 14.4 Å². The summed E-state index contributed by atoms with van der Waals surface area (Å²) >= 11 is 1.41. The van der Waals surface area contributed by atoms with Crippen LogP contribution < -0.4 is 11.1 Å². The van der Waals surface area contributed by atoms with Crippen LogP contribution in [0.1, 0.15) is 41.8 Å². The normalized spacial score (nSPS) is 26.0. The highest BCUT2D eigenvalue weighted by molar-refractivity contribution is 7.12. The van der Waals surface area contributed by atoms with Crippen molar-refractivity contribution in [3.63, 3.8) is 0 Å². The maximum absolute atomic E-state index is 13.3. The van der Waals surface area contributed by atoms with Crippen molar-refractivity contribution in [3.8, 4) is 0 Å². The Morgan fingerprint density at radius 2 is 2.13 bits per heavy atom. The minimum Gasteiger partial charge on any atom is -0.376 e. The Hall–Kier alpha value is -1.97. The third-order valence-corrected chi connectivity index (χ3v) is 6.95. The lowest BCUT2D eigenvalue weighted by atomic mass is 10.1. The molecule has 3 amide bonds. The zero-order valence-corrected chi connectivity index (χ0v) is 17.9. The second kappa shape index (κ2) is 9.45. The van der Waals surface area contributed by atoms with Gasteiger partial charge in [-0.05, 0) is 43.6 Å². The average Bonchev–Trinajstić information content (AvgIpc) is 3.18. The van der Waals surface area contributed by atoms with E-state index >= 15 is 0 Å². The molecule has 1 aromatic heterocycles. The molecule has 4 rings (SSSR count). The van der Waals surface area contributed by atoms with E-state index in [-0.39, 0.29) is 35.8 Å². The van der Waals surface area contributed by atoms with Crippen LogP contribution in [0.3, 0.4) is 0 Å². The number of hydrogen-bond acceptors (Lipinski definition) is 6. The largest absolute Gasteiger partial charge is 0.376 e. The van der Waals surface area contributed by atoms with Crippen LogP contribution in [0.4, 0.5) is 0 Å². The number of rotatable bonds is 8. The van der Waals surface area contributed by atoms with Gasteiger partial charge in [-0.1, -0.05) is 6.07 Å². The van der Waals surface area contributed by atoms with E-state index in [1.807, 2.05) is 22.4 Å². The van der Waals surface area contributed by atoms with Gasteiger partial charge in [0.2, 0.25) is 11.8 Å². The molecule has 0 spiro atoms. The summed E-state index contributed by atoms with van der Waals surface area (Å²) in [5.74, 6) is -0.177. The Balaban J connectivity index is 1.54. The van der Waals surface area contributed by atoms with Crippen molar-refractivity contribution < 1.29 is 19.1 Å². The fraction of sp³-hybridized carbons (Fsp3) is 0.667. The molecular weight excluding hydrogens is 404 g/mol. The first-order valence-electron chi connectivity index (χ1n) is 10.8. The summed E-state index contributed by atoms with van der Waals surface area (Å²) in [5.41, 5.74) is 5.53. The Morgan fingerprint density at radius 3 is 2.77 bits per heavy atom. The molecule has 30 heavy (non-hydrogen) atoms. The van der Waals surface area contributed by atoms with Crippen LogP contribution >= 0.6 is 11.3 Å². The SMILES string of the molecule is NCCNC(=O)C1CC(N(CC2CCCO2)C(=O)c2cccs2)CN1C(=O)C1CC1. The van der Waals surface area contributed by atoms with Crippen LogP contribution in [-0.2, 0) is 14.3 Å². The third-order valence-electron chi connectivity index (χ3n) is 6.09. The maximum atomic E-state index is 13.3. The number of likely N-dealkylation sites (tertiary alicyclic amines) is 1. The van der Waals surface area contributed by atoms with E-state index in [0.717, 1.165) is 25.7 Å². The lowest BCUT2D eigenvalue weighted by molar-refractivity contribution is -0.139. The summed E-state index contributed by atoms with van der Waals surface area (Å²) < 4.78 is 5.80. The van der Waals surface area contributed by atoms with Crippen molar-refractivity contribution in [3.05, 3.63) is 22.4 Å². The Kier molecular flexibility index (Phi) is 6.70. The molecule has 2 saturated heterocycles. The van der Waals surface area contributed by atoms with Gasteiger partial charge in [-0.2, -0.15) is 0 Å². The molecule has 0 aromatic carbocycles. The van der Waals surface area contributed by atoms with Crippen LogP contribution in [-0.4, -0.2) is 78.5 Å². The maximum Gasteiger partial charge on any atom is 0.264 e. The summed E-state index contributed by atoms with van der Waals surface area (Å²) in [6.45, 7) is 2.32. The highest BCUT2D eigenvalue weighted by atomic mass is 32.1. The molecule has 8 nitrogen and oxygen atoms in total. The Bertz CT molecular complexity index is 761. The van der Waals surface area contributed by atoms with Crippen LogP contribution in [0, 0.1) is 5.92 Å². The number of nitrogens with zero attached hydrogens (tertiary/aromatic N) is 2. The topological polar surface area (TPSA) is 105 Å². The Morgan fingerprint density at radius 1 is 1.30 bits per heavy atom. The number of ether oxygens (including phenoxy) is 1. The molecular formula is C21H30N4O4S. The molecule has 3 heterocycles. The minimum absolute atomic E-state index is 0.00612. The summed E-state index contributed by atoms with van der Waals surface area (Å²) in [6, 6.07) is 2.92. The molecule has 9 heteroatoms. The van der Waals surface area contributed by atoms with Gasteiger partial charge < -0.3 is 25.6 Å². The van der Waals surface area contributed by atoms with Crippen molar-refractivity contribution >= 4 is 29.1 Å². The fourth-order valence-electron chi connectivity index (χ4n) is 4.36. The molecule has 3 atom stereocenters. The smallest absolute Gasteiger partial charge is 0.264 e. The predicted octanol–water partition coefficient (Wildman–Crippen LogP) is 0.824. The molecule has 3 unspecified atom stereocenters. The van der Waals surface area contributed by atoms with Gasteiger partial charge >= 0.3 is 0 Å². The van der Waals surface area contributed by atoms with Gasteiger partial charge in [0.1, 0.15) is 6.04 Å². The molecule has 3 N–H and O–H groups in total. The zero-order valence-electron chi connectivity index (χ0n) is 17.1. The molecule has 164 valence electrons. The number of nitrogens with two attached hydrogens (primary N) is 1. The standard InChI is InChI=1S/C21H30N4O4S/c22-7-8-23-19(26)17-11-15(12-25(17)20(27)14-5-6-14)24(13-16-3-1-9-29-16)21(28)18-4-2-10-30-18/h2,4,10,14-17H,1,3,5-9,11-13,22H2,(H,23,26). The van der Waals surface area contributed by atoms with Crippen molar-refractivity contribution in [2.45, 2.75) is 50.3 Å². The second-order valence-corrected chi connectivity index (χ2v) is 9.27. The van der Waals surface area contributed by atoms with E-state index in [1.165, 1.54) is 11.3 Å². The third kappa shape index (κ3) is 4.68. The molecule has 0 radical (unpaired) electrons. The summed E-state index contributed by atoms with van der Waals surface area (Å²) in [7, 11) is 0.